The molecule has 2 N–H and O–H groups in total. The number of hydrogen-bond acceptors (Lipinski definition) is 5. The number of halogens is 1. The van der Waals surface area contributed by atoms with E-state index in [1.165, 1.54) is 0 Å². The van der Waals surface area contributed by atoms with Gasteiger partial charge in [-0.05, 0) is 81.5 Å². The lowest BCUT2D eigenvalue weighted by Crippen LogP contribution is -2.34. The zero-order chi connectivity index (χ0) is 24.5. The molecule has 34 heavy (non-hydrogen) atoms. The minimum absolute atomic E-state index is 0.0367. The molecule has 0 spiro atoms. The van der Waals surface area contributed by atoms with Gasteiger partial charge in [-0.25, -0.2) is 0 Å². The molecule has 2 aromatic carbocycles. The third-order valence-corrected chi connectivity index (χ3v) is 6.25. The number of carbonyl (C=O) groups is 3. The van der Waals surface area contributed by atoms with Crippen LogP contribution < -0.4 is 15.4 Å². The highest BCUT2D eigenvalue weighted by Gasteiger charge is 2.28. The molecule has 7 nitrogen and oxygen atoms in total. The van der Waals surface area contributed by atoms with Gasteiger partial charge in [0.25, 0.3) is 11.8 Å². The van der Waals surface area contributed by atoms with Crippen molar-refractivity contribution in [2.24, 2.45) is 5.92 Å². The maximum atomic E-state index is 12.4. The molecule has 1 aliphatic rings. The second kappa shape index (κ2) is 12.4. The fraction of sp³-hybridized carbons (Fsp3) is 0.423. The summed E-state index contributed by atoms with van der Waals surface area (Å²) in [4.78, 5) is 36.4. The molecule has 0 bridgehead atoms. The molecular weight excluding hydrogens is 456 g/mol. The number of hydrogen-bond donors (Lipinski definition) is 2. The summed E-state index contributed by atoms with van der Waals surface area (Å²) in [5.74, 6) is 0.0731. The van der Waals surface area contributed by atoms with Crippen LogP contribution in [0.5, 0.6) is 5.75 Å². The molecule has 0 radical (unpaired) electrons. The highest BCUT2D eigenvalue weighted by atomic mass is 35.5. The highest BCUT2D eigenvalue weighted by Crippen LogP contribution is 2.28. The van der Waals surface area contributed by atoms with Gasteiger partial charge < -0.3 is 20.1 Å². The normalized spacial score (nSPS) is 17.5. The van der Waals surface area contributed by atoms with E-state index < -0.39 is 0 Å². The molecule has 182 valence electrons. The Kier molecular flexibility index (Phi) is 9.33. The topological polar surface area (TPSA) is 93.7 Å². The number of nitrogens with one attached hydrogen (secondary N) is 2. The number of ether oxygens (including phenoxy) is 2. The van der Waals surface area contributed by atoms with Gasteiger partial charge in [0.2, 0.25) is 0 Å². The largest absolute Gasteiger partial charge is 0.490 e. The Morgan fingerprint density at radius 3 is 2.09 bits per heavy atom. The first-order chi connectivity index (χ1) is 16.4. The minimum Gasteiger partial charge on any atom is -0.490 e. The van der Waals surface area contributed by atoms with Gasteiger partial charge in [-0.15, -0.1) is 0 Å². The van der Waals surface area contributed by atoms with E-state index in [0.717, 1.165) is 31.2 Å². The Balaban J connectivity index is 1.38. The monoisotopic (exact) mass is 486 g/mol. The second-order valence-electron chi connectivity index (χ2n) is 8.34. The molecule has 1 saturated carbocycles. The van der Waals surface area contributed by atoms with Gasteiger partial charge in [-0.3, -0.25) is 14.4 Å². The summed E-state index contributed by atoms with van der Waals surface area (Å²) in [6.45, 7) is 4.69. The van der Waals surface area contributed by atoms with Crippen molar-refractivity contribution in [3.63, 3.8) is 0 Å². The predicted molar refractivity (Wildman–Crippen MR) is 130 cm³/mol. The molecule has 0 aliphatic heterocycles. The summed E-state index contributed by atoms with van der Waals surface area (Å²) in [5.41, 5.74) is 1.89. The maximum Gasteiger partial charge on any atom is 0.308 e. The van der Waals surface area contributed by atoms with Crippen molar-refractivity contribution in [2.45, 2.75) is 45.6 Å². The molecule has 0 atom stereocenters. The van der Waals surface area contributed by atoms with E-state index >= 15 is 0 Å². The molecule has 3 rings (SSSR count). The fourth-order valence-electron chi connectivity index (χ4n) is 3.84. The van der Waals surface area contributed by atoms with Crippen LogP contribution in [-0.2, 0) is 9.53 Å². The molecule has 0 unspecified atom stereocenters. The molecular formula is C26H31ClN2O5. The number of aryl methyl sites for hydroxylation is 1. The number of benzene rings is 2. The molecule has 1 fully saturated rings. The second-order valence-corrected chi connectivity index (χ2v) is 8.75. The lowest BCUT2D eigenvalue weighted by atomic mass is 9.87. The van der Waals surface area contributed by atoms with Crippen molar-refractivity contribution >= 4 is 29.4 Å². The first-order valence-electron chi connectivity index (χ1n) is 11.6. The highest BCUT2D eigenvalue weighted by molar-refractivity contribution is 6.31. The van der Waals surface area contributed by atoms with Crippen LogP contribution >= 0.6 is 11.6 Å². The van der Waals surface area contributed by atoms with Gasteiger partial charge in [0.1, 0.15) is 5.75 Å². The van der Waals surface area contributed by atoms with Crippen molar-refractivity contribution in [3.8, 4) is 5.75 Å². The number of amides is 2. The Hall–Kier alpha value is -3.06. The van der Waals surface area contributed by atoms with Crippen molar-refractivity contribution in [2.75, 3.05) is 19.7 Å². The van der Waals surface area contributed by atoms with Gasteiger partial charge in [-0.2, -0.15) is 0 Å². The SMILES string of the molecule is CCOC(=O)C1CCC(Oc2ccc(C(=O)NCCNC(=O)c3ccc(C)c(Cl)c3)cc2)CC1. The van der Waals surface area contributed by atoms with E-state index in [2.05, 4.69) is 10.6 Å². The van der Waals surface area contributed by atoms with Gasteiger partial charge in [-0.1, -0.05) is 17.7 Å². The van der Waals surface area contributed by atoms with Crippen LogP contribution in [0.3, 0.4) is 0 Å². The van der Waals surface area contributed by atoms with Gasteiger partial charge in [0.15, 0.2) is 0 Å². The van der Waals surface area contributed by atoms with E-state index in [4.69, 9.17) is 21.1 Å². The van der Waals surface area contributed by atoms with Gasteiger partial charge >= 0.3 is 5.97 Å². The van der Waals surface area contributed by atoms with Crippen LogP contribution in [0, 0.1) is 12.8 Å². The Bertz CT molecular complexity index is 1000. The third-order valence-electron chi connectivity index (χ3n) is 5.84. The van der Waals surface area contributed by atoms with Gasteiger partial charge in [0, 0.05) is 29.2 Å². The fourth-order valence-corrected chi connectivity index (χ4v) is 4.02. The molecule has 8 heteroatoms. The lowest BCUT2D eigenvalue weighted by molar-refractivity contribution is -0.149. The van der Waals surface area contributed by atoms with Crippen LogP contribution in [0.2, 0.25) is 5.02 Å². The summed E-state index contributed by atoms with van der Waals surface area (Å²) in [6, 6.07) is 12.1. The number of rotatable bonds is 9. The van der Waals surface area contributed by atoms with Crippen molar-refractivity contribution in [1.29, 1.82) is 0 Å². The van der Waals surface area contributed by atoms with Crippen molar-refractivity contribution in [1.82, 2.24) is 10.6 Å². The minimum atomic E-state index is -0.242. The van der Waals surface area contributed by atoms with Crippen LogP contribution in [0.25, 0.3) is 0 Å². The zero-order valence-electron chi connectivity index (χ0n) is 19.6. The first kappa shape index (κ1) is 25.6. The first-order valence-corrected chi connectivity index (χ1v) is 12.0. The summed E-state index contributed by atoms with van der Waals surface area (Å²) < 4.78 is 11.1. The van der Waals surface area contributed by atoms with E-state index in [1.807, 2.05) is 13.8 Å². The van der Waals surface area contributed by atoms with E-state index in [9.17, 15) is 14.4 Å². The molecule has 0 aromatic heterocycles. The summed E-state index contributed by atoms with van der Waals surface area (Å²) in [5, 5.41) is 6.09. The summed E-state index contributed by atoms with van der Waals surface area (Å²) >= 11 is 6.06. The molecule has 0 saturated heterocycles. The standard InChI is InChI=1S/C26H31ClN2O5/c1-3-33-26(32)19-8-12-22(13-9-19)34-21-10-6-18(7-11-21)24(30)28-14-15-29-25(31)20-5-4-17(2)23(27)16-20/h4-7,10-11,16,19,22H,3,8-9,12-15H2,1-2H3,(H,28,30)(H,29,31). The molecule has 2 aromatic rings. The predicted octanol–water partition coefficient (Wildman–Crippen LogP) is 4.31. The average Bonchev–Trinajstić information content (AvgIpc) is 2.84. The zero-order valence-corrected chi connectivity index (χ0v) is 20.3. The van der Waals surface area contributed by atoms with E-state index in [0.29, 0.717) is 41.6 Å². The van der Waals surface area contributed by atoms with Crippen LogP contribution in [-0.4, -0.2) is 43.6 Å². The Labute approximate surface area is 205 Å². The van der Waals surface area contributed by atoms with E-state index in [-0.39, 0.29) is 29.8 Å². The number of esters is 1. The molecule has 0 heterocycles. The number of carbonyl (C=O) groups excluding carboxylic acids is 3. The lowest BCUT2D eigenvalue weighted by Gasteiger charge is -2.27. The van der Waals surface area contributed by atoms with E-state index in [1.54, 1.807) is 42.5 Å². The summed E-state index contributed by atoms with van der Waals surface area (Å²) in [7, 11) is 0. The van der Waals surface area contributed by atoms with Gasteiger partial charge in [0.05, 0.1) is 18.6 Å². The Morgan fingerprint density at radius 2 is 1.50 bits per heavy atom. The van der Waals surface area contributed by atoms with Crippen LogP contribution in [0.4, 0.5) is 0 Å². The molecule has 2 amide bonds. The average molecular weight is 487 g/mol. The van der Waals surface area contributed by atoms with Crippen molar-refractivity contribution in [3.05, 3.63) is 64.2 Å². The molecule has 1 aliphatic carbocycles. The Morgan fingerprint density at radius 1 is 0.912 bits per heavy atom. The quantitative estimate of drug-likeness (QED) is 0.407. The van der Waals surface area contributed by atoms with Crippen LogP contribution in [0.15, 0.2) is 42.5 Å². The third kappa shape index (κ3) is 7.22. The summed E-state index contributed by atoms with van der Waals surface area (Å²) in [6.07, 6.45) is 3.17. The van der Waals surface area contributed by atoms with Crippen LogP contribution in [0.1, 0.15) is 58.9 Å². The maximum absolute atomic E-state index is 12.4. The van der Waals surface area contributed by atoms with Crippen molar-refractivity contribution < 1.29 is 23.9 Å². The smallest absolute Gasteiger partial charge is 0.308 e.